The van der Waals surface area contributed by atoms with Crippen molar-refractivity contribution in [2.45, 2.75) is 26.2 Å². The number of rotatable bonds is 1. The maximum absolute atomic E-state index is 6.29. The molecule has 23 heavy (non-hydrogen) atoms. The molecule has 1 aliphatic rings. The molecule has 114 valence electrons. The second kappa shape index (κ2) is 4.97. The van der Waals surface area contributed by atoms with Crippen LogP contribution in [0.3, 0.4) is 0 Å². The Bertz CT molecular complexity index is 905. The lowest BCUT2D eigenvalue weighted by Gasteiger charge is -2.24. The Kier molecular flexibility index (Phi) is 3.14. The van der Waals surface area contributed by atoms with E-state index in [9.17, 15) is 0 Å². The van der Waals surface area contributed by atoms with E-state index < -0.39 is 0 Å². The lowest BCUT2D eigenvalue weighted by molar-refractivity contribution is 0.656. The number of hydrogen-bond acceptors (Lipinski definition) is 0. The second-order valence-electron chi connectivity index (χ2n) is 6.86. The van der Waals surface area contributed by atoms with Gasteiger partial charge in [0, 0.05) is 10.4 Å². The Morgan fingerprint density at radius 1 is 0.826 bits per heavy atom. The molecule has 0 radical (unpaired) electrons. The fraction of sp³-hybridized carbons (Fsp3) is 0.182. The van der Waals surface area contributed by atoms with E-state index >= 15 is 0 Å². The summed E-state index contributed by atoms with van der Waals surface area (Å²) in [5.74, 6) is 0. The van der Waals surface area contributed by atoms with Gasteiger partial charge in [0.05, 0.1) is 0 Å². The summed E-state index contributed by atoms with van der Waals surface area (Å²) in [7, 11) is 0. The highest BCUT2D eigenvalue weighted by atomic mass is 35.5. The predicted molar refractivity (Wildman–Crippen MR) is 99.2 cm³/mol. The van der Waals surface area contributed by atoms with Crippen LogP contribution in [0.4, 0.5) is 0 Å². The van der Waals surface area contributed by atoms with Crippen LogP contribution >= 0.6 is 11.6 Å². The molecule has 0 heterocycles. The first-order chi connectivity index (χ1) is 11.0. The summed E-state index contributed by atoms with van der Waals surface area (Å²) < 4.78 is 0. The molecule has 4 rings (SSSR count). The molecule has 0 aromatic heterocycles. The fourth-order valence-corrected chi connectivity index (χ4v) is 4.21. The molecule has 0 amide bonds. The van der Waals surface area contributed by atoms with Crippen molar-refractivity contribution in [3.63, 3.8) is 0 Å². The van der Waals surface area contributed by atoms with Crippen LogP contribution in [0.5, 0.6) is 0 Å². The molecule has 0 saturated carbocycles. The van der Waals surface area contributed by atoms with Gasteiger partial charge >= 0.3 is 0 Å². The van der Waals surface area contributed by atoms with E-state index in [0.717, 1.165) is 5.02 Å². The standard InChI is InChI=1S/C22H19Cl/c1-14-9-11-17(15-7-5-4-6-8-15)20-18-12-10-16(23)13-19(18)22(2,3)21(14)20/h4-13H,1-3H3. The zero-order valence-corrected chi connectivity index (χ0v) is 14.4. The molecule has 0 saturated heterocycles. The summed E-state index contributed by atoms with van der Waals surface area (Å²) in [6.07, 6.45) is 0. The van der Waals surface area contributed by atoms with Gasteiger partial charge in [0.2, 0.25) is 0 Å². The molecule has 0 nitrogen and oxygen atoms in total. The molecular weight excluding hydrogens is 300 g/mol. The molecule has 0 N–H and O–H groups in total. The molecule has 1 heteroatoms. The lowest BCUT2D eigenvalue weighted by Crippen LogP contribution is -2.16. The maximum atomic E-state index is 6.29. The lowest BCUT2D eigenvalue weighted by atomic mass is 9.79. The zero-order valence-electron chi connectivity index (χ0n) is 13.7. The van der Waals surface area contributed by atoms with Crippen LogP contribution in [0.15, 0.2) is 60.7 Å². The van der Waals surface area contributed by atoms with Crippen LogP contribution in [0.1, 0.15) is 30.5 Å². The van der Waals surface area contributed by atoms with E-state index in [1.807, 2.05) is 6.07 Å². The average molecular weight is 319 g/mol. The molecule has 0 aliphatic heterocycles. The van der Waals surface area contributed by atoms with Crippen LogP contribution < -0.4 is 0 Å². The zero-order chi connectivity index (χ0) is 16.2. The van der Waals surface area contributed by atoms with Gasteiger partial charge in [-0.25, -0.2) is 0 Å². The van der Waals surface area contributed by atoms with Gasteiger partial charge in [0.15, 0.2) is 0 Å². The van der Waals surface area contributed by atoms with Crippen molar-refractivity contribution >= 4 is 11.6 Å². The summed E-state index contributed by atoms with van der Waals surface area (Å²) in [6, 6.07) is 21.5. The van der Waals surface area contributed by atoms with E-state index in [0.29, 0.717) is 0 Å². The highest BCUT2D eigenvalue weighted by Gasteiger charge is 2.38. The molecule has 0 atom stereocenters. The number of benzene rings is 3. The number of halogens is 1. The summed E-state index contributed by atoms with van der Waals surface area (Å²) in [5.41, 5.74) is 9.33. The van der Waals surface area contributed by atoms with E-state index in [4.69, 9.17) is 11.6 Å². The van der Waals surface area contributed by atoms with Crippen molar-refractivity contribution in [1.82, 2.24) is 0 Å². The van der Waals surface area contributed by atoms with E-state index in [2.05, 4.69) is 75.4 Å². The highest BCUT2D eigenvalue weighted by molar-refractivity contribution is 6.30. The fourth-order valence-electron chi connectivity index (χ4n) is 4.04. The van der Waals surface area contributed by atoms with Gasteiger partial charge in [0.1, 0.15) is 0 Å². The predicted octanol–water partition coefficient (Wildman–Crippen LogP) is 6.62. The minimum Gasteiger partial charge on any atom is -0.0843 e. The Morgan fingerprint density at radius 2 is 1.52 bits per heavy atom. The Hall–Kier alpha value is -2.05. The van der Waals surface area contributed by atoms with E-state index in [-0.39, 0.29) is 5.41 Å². The quantitative estimate of drug-likeness (QED) is 0.473. The molecule has 1 aliphatic carbocycles. The van der Waals surface area contributed by atoms with Gasteiger partial charge in [-0.1, -0.05) is 74.0 Å². The van der Waals surface area contributed by atoms with Crippen molar-refractivity contribution in [2.24, 2.45) is 0 Å². The third kappa shape index (κ3) is 2.05. The molecule has 3 aromatic rings. The summed E-state index contributed by atoms with van der Waals surface area (Å²) >= 11 is 6.29. The van der Waals surface area contributed by atoms with Crippen LogP contribution in [0.2, 0.25) is 5.02 Å². The van der Waals surface area contributed by atoms with Gasteiger partial charge in [-0.15, -0.1) is 0 Å². The minimum atomic E-state index is -0.0234. The Balaban J connectivity index is 2.11. The summed E-state index contributed by atoms with van der Waals surface area (Å²) in [4.78, 5) is 0. The molecule has 0 bridgehead atoms. The van der Waals surface area contributed by atoms with Crippen molar-refractivity contribution in [1.29, 1.82) is 0 Å². The van der Waals surface area contributed by atoms with Crippen LogP contribution in [-0.2, 0) is 5.41 Å². The number of hydrogen-bond donors (Lipinski definition) is 0. The van der Waals surface area contributed by atoms with Crippen molar-refractivity contribution in [2.75, 3.05) is 0 Å². The maximum Gasteiger partial charge on any atom is 0.0409 e. The third-order valence-electron chi connectivity index (χ3n) is 5.05. The smallest absolute Gasteiger partial charge is 0.0409 e. The molecule has 3 aromatic carbocycles. The minimum absolute atomic E-state index is 0.0234. The molecule has 0 fully saturated rings. The monoisotopic (exact) mass is 318 g/mol. The second-order valence-corrected chi connectivity index (χ2v) is 7.30. The topological polar surface area (TPSA) is 0 Å². The Labute approximate surface area is 142 Å². The highest BCUT2D eigenvalue weighted by Crippen LogP contribution is 2.53. The Morgan fingerprint density at radius 3 is 2.26 bits per heavy atom. The molecule has 0 unspecified atom stereocenters. The first-order valence-electron chi connectivity index (χ1n) is 8.00. The first kappa shape index (κ1) is 14.5. The van der Waals surface area contributed by atoms with Crippen LogP contribution in [-0.4, -0.2) is 0 Å². The molecule has 0 spiro atoms. The summed E-state index contributed by atoms with van der Waals surface area (Å²) in [6.45, 7) is 6.81. The van der Waals surface area contributed by atoms with Crippen molar-refractivity contribution in [3.8, 4) is 22.3 Å². The SMILES string of the molecule is Cc1ccc(-c2ccccc2)c2c1C(C)(C)c1cc(Cl)ccc1-2. The third-order valence-corrected chi connectivity index (χ3v) is 5.28. The van der Waals surface area contributed by atoms with Gasteiger partial charge in [-0.2, -0.15) is 0 Å². The van der Waals surface area contributed by atoms with Gasteiger partial charge in [-0.05, 0) is 58.0 Å². The summed E-state index contributed by atoms with van der Waals surface area (Å²) in [5, 5.41) is 0.809. The van der Waals surface area contributed by atoms with Gasteiger partial charge < -0.3 is 0 Å². The average Bonchev–Trinajstić information content (AvgIpc) is 2.77. The largest absolute Gasteiger partial charge is 0.0843 e. The first-order valence-corrected chi connectivity index (χ1v) is 8.38. The van der Waals surface area contributed by atoms with Crippen molar-refractivity contribution in [3.05, 3.63) is 82.4 Å². The number of fused-ring (bicyclic) bond motifs is 3. The normalized spacial score (nSPS) is 14.4. The van der Waals surface area contributed by atoms with E-state index in [1.165, 1.54) is 38.9 Å². The van der Waals surface area contributed by atoms with Crippen molar-refractivity contribution < 1.29 is 0 Å². The van der Waals surface area contributed by atoms with Gasteiger partial charge in [0.25, 0.3) is 0 Å². The van der Waals surface area contributed by atoms with E-state index in [1.54, 1.807) is 0 Å². The number of aryl methyl sites for hydroxylation is 1. The van der Waals surface area contributed by atoms with Gasteiger partial charge in [-0.3, -0.25) is 0 Å². The van der Waals surface area contributed by atoms with Crippen LogP contribution in [0, 0.1) is 6.92 Å². The molecular formula is C22H19Cl. The van der Waals surface area contributed by atoms with Crippen LogP contribution in [0.25, 0.3) is 22.3 Å².